The van der Waals surface area contributed by atoms with Gasteiger partial charge in [0.25, 0.3) is 0 Å². The van der Waals surface area contributed by atoms with Crippen LogP contribution in [0.25, 0.3) is 0 Å². The Kier molecular flexibility index (Phi) is 7.65. The van der Waals surface area contributed by atoms with Gasteiger partial charge in [-0.3, -0.25) is 0 Å². The number of anilines is 3. The van der Waals surface area contributed by atoms with Crippen LogP contribution in [0.3, 0.4) is 0 Å². The summed E-state index contributed by atoms with van der Waals surface area (Å²) in [5.74, 6) is 0.266. The first-order valence-electron chi connectivity index (χ1n) is 10.2. The fourth-order valence-corrected chi connectivity index (χ4v) is 5.16. The Morgan fingerprint density at radius 1 is 1.37 bits per heavy atom. The second-order valence-electron chi connectivity index (χ2n) is 7.29. The Balaban J connectivity index is 2.05. The van der Waals surface area contributed by atoms with Gasteiger partial charge < -0.3 is 24.6 Å². The van der Waals surface area contributed by atoms with E-state index in [2.05, 4.69) is 29.3 Å². The smallest absolute Gasteiger partial charge is 0.331 e. The molecule has 1 aliphatic rings. The SMILES string of the molecule is CCCCC1CN(c2ccccc2)c2cc(NC)c(O/C=C/C(=O)O)cc2[S+]([O-])C1. The molecule has 2 aromatic carbocycles. The summed E-state index contributed by atoms with van der Waals surface area (Å²) in [4.78, 5) is 13.7. The van der Waals surface area contributed by atoms with E-state index in [9.17, 15) is 9.35 Å². The van der Waals surface area contributed by atoms with E-state index in [4.69, 9.17) is 9.84 Å². The van der Waals surface area contributed by atoms with Gasteiger partial charge >= 0.3 is 5.97 Å². The van der Waals surface area contributed by atoms with Gasteiger partial charge in [-0.05, 0) is 35.8 Å². The Hall–Kier alpha value is -2.64. The van der Waals surface area contributed by atoms with Crippen molar-refractivity contribution in [2.24, 2.45) is 5.92 Å². The average molecular weight is 429 g/mol. The number of ether oxygens (including phenoxy) is 1. The van der Waals surface area contributed by atoms with Gasteiger partial charge in [0.2, 0.25) is 0 Å². The maximum absolute atomic E-state index is 13.3. The maximum Gasteiger partial charge on any atom is 0.331 e. The zero-order chi connectivity index (χ0) is 21.5. The van der Waals surface area contributed by atoms with Gasteiger partial charge in [-0.15, -0.1) is 0 Å². The van der Waals surface area contributed by atoms with Gasteiger partial charge in [-0.2, -0.15) is 0 Å². The number of aliphatic carboxylic acids is 1. The third-order valence-corrected chi connectivity index (χ3v) is 6.73. The molecule has 2 aromatic rings. The van der Waals surface area contributed by atoms with Gasteiger partial charge in [0.15, 0.2) is 10.6 Å². The summed E-state index contributed by atoms with van der Waals surface area (Å²) >= 11 is -1.19. The maximum atomic E-state index is 13.3. The minimum Gasteiger partial charge on any atom is -0.611 e. The van der Waals surface area contributed by atoms with E-state index < -0.39 is 17.1 Å². The average Bonchev–Trinajstić information content (AvgIpc) is 2.88. The lowest BCUT2D eigenvalue weighted by Gasteiger charge is -2.27. The first-order chi connectivity index (χ1) is 14.5. The number of nitrogens with one attached hydrogen (secondary N) is 1. The van der Waals surface area contributed by atoms with Crippen molar-refractivity contribution in [2.45, 2.75) is 31.1 Å². The quantitative estimate of drug-likeness (QED) is 0.358. The van der Waals surface area contributed by atoms with Crippen molar-refractivity contribution in [3.05, 3.63) is 54.8 Å². The number of fused-ring (bicyclic) bond motifs is 1. The molecule has 2 unspecified atom stereocenters. The minimum absolute atomic E-state index is 0.313. The van der Waals surface area contributed by atoms with Crippen LogP contribution in [0.5, 0.6) is 5.75 Å². The zero-order valence-corrected chi connectivity index (χ0v) is 18.2. The summed E-state index contributed by atoms with van der Waals surface area (Å²) in [6.45, 7) is 2.97. The molecule has 2 N–H and O–H groups in total. The standard InChI is InChI=1S/C23H28N2O4S/c1-3-4-8-17-15-25(18-9-6-5-7-10-18)20-13-19(24-2)21(29-12-11-23(26)27)14-22(20)30(28)16-17/h5-7,9-14,17,24H,3-4,8,15-16H2,1-2H3,(H,26,27)/b12-11+. The van der Waals surface area contributed by atoms with Crippen molar-refractivity contribution >= 4 is 34.2 Å². The summed E-state index contributed by atoms with van der Waals surface area (Å²) in [6.07, 6.45) is 5.31. The predicted octanol–water partition coefficient (Wildman–Crippen LogP) is 4.77. The van der Waals surface area contributed by atoms with Gasteiger partial charge in [0.05, 0.1) is 23.7 Å². The lowest BCUT2D eigenvalue weighted by atomic mass is 10.0. The molecule has 0 radical (unpaired) electrons. The molecule has 0 aliphatic carbocycles. The first kappa shape index (κ1) is 22.1. The third kappa shape index (κ3) is 5.29. The molecule has 0 spiro atoms. The highest BCUT2D eigenvalue weighted by Crippen LogP contribution is 2.42. The molecule has 0 bridgehead atoms. The van der Waals surface area contributed by atoms with Crippen LogP contribution in [0.1, 0.15) is 26.2 Å². The number of carboxylic acids is 1. The summed E-state index contributed by atoms with van der Waals surface area (Å²) in [5, 5.41) is 11.9. The van der Waals surface area contributed by atoms with Crippen molar-refractivity contribution in [2.75, 3.05) is 29.6 Å². The van der Waals surface area contributed by atoms with Crippen molar-refractivity contribution < 1.29 is 19.2 Å². The molecule has 1 aliphatic heterocycles. The Morgan fingerprint density at radius 2 is 2.13 bits per heavy atom. The number of para-hydroxylation sites is 1. The van der Waals surface area contributed by atoms with E-state index >= 15 is 0 Å². The number of carboxylic acid groups (broad SMARTS) is 1. The third-order valence-electron chi connectivity index (χ3n) is 5.13. The fraction of sp³-hybridized carbons (Fsp3) is 0.348. The lowest BCUT2D eigenvalue weighted by Crippen LogP contribution is -2.26. The molecular formula is C23H28N2O4S. The largest absolute Gasteiger partial charge is 0.611 e. The lowest BCUT2D eigenvalue weighted by molar-refractivity contribution is -0.131. The van der Waals surface area contributed by atoms with E-state index in [1.54, 1.807) is 13.1 Å². The van der Waals surface area contributed by atoms with Crippen LogP contribution in [0.4, 0.5) is 17.1 Å². The van der Waals surface area contributed by atoms with Gasteiger partial charge in [-0.25, -0.2) is 4.79 Å². The second kappa shape index (κ2) is 10.4. The molecule has 2 atom stereocenters. The van der Waals surface area contributed by atoms with E-state index in [0.717, 1.165) is 49.5 Å². The Bertz CT molecular complexity index is 888. The second-order valence-corrected chi connectivity index (χ2v) is 8.76. The summed E-state index contributed by atoms with van der Waals surface area (Å²) < 4.78 is 18.8. The topological polar surface area (TPSA) is 84.9 Å². The highest BCUT2D eigenvalue weighted by atomic mass is 32.2. The van der Waals surface area contributed by atoms with Gasteiger partial charge in [-0.1, -0.05) is 38.0 Å². The molecular weight excluding hydrogens is 400 g/mol. The van der Waals surface area contributed by atoms with Crippen LogP contribution in [0.2, 0.25) is 0 Å². The highest BCUT2D eigenvalue weighted by Gasteiger charge is 2.32. The van der Waals surface area contributed by atoms with Crippen molar-refractivity contribution in [1.82, 2.24) is 0 Å². The summed E-state index contributed by atoms with van der Waals surface area (Å²) in [5.41, 5.74) is 2.65. The predicted molar refractivity (Wildman–Crippen MR) is 121 cm³/mol. The van der Waals surface area contributed by atoms with E-state index in [0.29, 0.717) is 28.0 Å². The van der Waals surface area contributed by atoms with Crippen molar-refractivity contribution in [3.63, 3.8) is 0 Å². The number of nitrogens with zero attached hydrogens (tertiary/aromatic N) is 1. The van der Waals surface area contributed by atoms with Crippen molar-refractivity contribution in [1.29, 1.82) is 0 Å². The number of unbranched alkanes of at least 4 members (excludes halogenated alkanes) is 1. The fourth-order valence-electron chi connectivity index (χ4n) is 3.63. The number of carbonyl (C=O) groups is 1. The normalized spacial score (nSPS) is 18.7. The molecule has 6 nitrogen and oxygen atoms in total. The number of hydrogen-bond donors (Lipinski definition) is 2. The minimum atomic E-state index is -1.19. The molecule has 7 heteroatoms. The molecule has 0 saturated heterocycles. The molecule has 1 heterocycles. The molecule has 160 valence electrons. The summed E-state index contributed by atoms with van der Waals surface area (Å²) in [6, 6.07) is 13.8. The molecule has 0 aromatic heterocycles. The van der Waals surface area contributed by atoms with E-state index in [1.807, 2.05) is 24.3 Å². The van der Waals surface area contributed by atoms with E-state index in [-0.39, 0.29) is 0 Å². The molecule has 0 saturated carbocycles. The van der Waals surface area contributed by atoms with Crippen LogP contribution < -0.4 is 15.0 Å². The Morgan fingerprint density at radius 3 is 2.80 bits per heavy atom. The van der Waals surface area contributed by atoms with Crippen LogP contribution >= 0.6 is 0 Å². The van der Waals surface area contributed by atoms with Crippen LogP contribution in [-0.4, -0.2) is 35.0 Å². The monoisotopic (exact) mass is 428 g/mol. The van der Waals surface area contributed by atoms with Gasteiger partial charge in [0.1, 0.15) is 5.75 Å². The van der Waals surface area contributed by atoms with Gasteiger partial charge in [0, 0.05) is 31.3 Å². The highest BCUT2D eigenvalue weighted by molar-refractivity contribution is 7.91. The zero-order valence-electron chi connectivity index (χ0n) is 17.3. The summed E-state index contributed by atoms with van der Waals surface area (Å²) in [7, 11) is 1.78. The molecule has 30 heavy (non-hydrogen) atoms. The molecule has 0 amide bonds. The number of benzene rings is 2. The van der Waals surface area contributed by atoms with Crippen LogP contribution in [-0.2, 0) is 16.0 Å². The van der Waals surface area contributed by atoms with E-state index in [1.165, 1.54) is 0 Å². The van der Waals surface area contributed by atoms with Crippen LogP contribution in [0, 0.1) is 5.92 Å². The molecule has 0 fully saturated rings. The molecule has 3 rings (SSSR count). The Labute approximate surface area is 180 Å². The van der Waals surface area contributed by atoms with Crippen molar-refractivity contribution in [3.8, 4) is 5.75 Å². The number of hydrogen-bond acceptors (Lipinski definition) is 5. The first-order valence-corrected chi connectivity index (χ1v) is 11.5. The van der Waals surface area contributed by atoms with Crippen LogP contribution in [0.15, 0.2) is 59.7 Å². The number of rotatable bonds is 8.